The number of carbonyl (C=O) groups is 1. The van der Waals surface area contributed by atoms with Crippen molar-refractivity contribution in [2.75, 3.05) is 0 Å². The van der Waals surface area contributed by atoms with Crippen molar-refractivity contribution < 1.29 is 9.90 Å². The van der Waals surface area contributed by atoms with E-state index in [9.17, 15) is 9.90 Å². The Bertz CT molecular complexity index is 1180. The van der Waals surface area contributed by atoms with Crippen molar-refractivity contribution in [1.29, 1.82) is 0 Å². The van der Waals surface area contributed by atoms with Gasteiger partial charge in [-0.25, -0.2) is 14.5 Å². The molecule has 2 aromatic carbocycles. The van der Waals surface area contributed by atoms with Crippen molar-refractivity contribution in [1.82, 2.24) is 19.7 Å². The van der Waals surface area contributed by atoms with E-state index in [1.54, 1.807) is 12.3 Å². The van der Waals surface area contributed by atoms with Gasteiger partial charge in [0, 0.05) is 31.8 Å². The fourth-order valence-corrected chi connectivity index (χ4v) is 3.76. The molecule has 0 aliphatic carbocycles. The van der Waals surface area contributed by atoms with Crippen LogP contribution in [0.4, 0.5) is 0 Å². The fraction of sp³-hybridized carbons (Fsp3) is 0.231. The topological polar surface area (TPSA) is 80.9 Å². The minimum atomic E-state index is -0.979. The summed E-state index contributed by atoms with van der Waals surface area (Å²) < 4.78 is 2.01. The quantitative estimate of drug-likeness (QED) is 0.415. The molecule has 0 spiro atoms. The van der Waals surface area contributed by atoms with Crippen LogP contribution in [0.5, 0.6) is 0 Å². The zero-order valence-corrected chi connectivity index (χ0v) is 18.1. The van der Waals surface area contributed by atoms with Gasteiger partial charge in [0.1, 0.15) is 5.82 Å². The molecule has 0 saturated carbocycles. The van der Waals surface area contributed by atoms with Crippen LogP contribution < -0.4 is 0 Å². The van der Waals surface area contributed by atoms with Crippen molar-refractivity contribution >= 4 is 5.97 Å². The summed E-state index contributed by atoms with van der Waals surface area (Å²) in [6.45, 7) is 2.98. The lowest BCUT2D eigenvalue weighted by molar-refractivity contribution is 0.0697. The van der Waals surface area contributed by atoms with Crippen molar-refractivity contribution in [2.24, 2.45) is 0 Å². The minimum absolute atomic E-state index is 0.200. The summed E-state index contributed by atoms with van der Waals surface area (Å²) in [6.07, 6.45) is 6.40. The van der Waals surface area contributed by atoms with E-state index in [0.29, 0.717) is 12.0 Å². The molecular weight excluding hydrogens is 400 g/mol. The number of aryl methyl sites for hydroxylation is 3. The first-order chi connectivity index (χ1) is 15.6. The number of benzene rings is 2. The number of nitrogens with zero attached hydrogens (tertiary/aromatic N) is 4. The molecule has 4 aromatic rings. The molecule has 0 aliphatic heterocycles. The number of aromatic nitrogens is 4. The Hall–Kier alpha value is -3.80. The predicted molar refractivity (Wildman–Crippen MR) is 124 cm³/mol. The van der Waals surface area contributed by atoms with Gasteiger partial charge in [-0.05, 0) is 41.2 Å². The summed E-state index contributed by atoms with van der Waals surface area (Å²) in [7, 11) is 0. The average molecular weight is 427 g/mol. The number of hydrogen-bond donors (Lipinski definition) is 1. The second-order valence-corrected chi connectivity index (χ2v) is 7.75. The largest absolute Gasteiger partial charge is 0.478 e. The number of aromatic carboxylic acids is 1. The van der Waals surface area contributed by atoms with Crippen LogP contribution in [0.15, 0.2) is 73.1 Å². The highest BCUT2D eigenvalue weighted by atomic mass is 16.4. The predicted octanol–water partition coefficient (Wildman–Crippen LogP) is 4.82. The van der Waals surface area contributed by atoms with Crippen LogP contribution in [0.25, 0.3) is 11.1 Å². The highest BCUT2D eigenvalue weighted by Crippen LogP contribution is 2.24. The summed E-state index contributed by atoms with van der Waals surface area (Å²) in [5, 5.41) is 14.2. The number of pyridine rings is 1. The van der Waals surface area contributed by atoms with Gasteiger partial charge >= 0.3 is 5.97 Å². The SMILES string of the molecule is CCCn1nc(CCc2ccccc2)nc1Cc1ccc(-c2ccncc2C(=O)O)cc1. The Morgan fingerprint density at radius 2 is 1.75 bits per heavy atom. The van der Waals surface area contributed by atoms with Crippen molar-refractivity contribution in [3.8, 4) is 11.1 Å². The van der Waals surface area contributed by atoms with Crippen LogP contribution in [-0.4, -0.2) is 30.8 Å². The molecule has 6 nitrogen and oxygen atoms in total. The molecule has 32 heavy (non-hydrogen) atoms. The molecule has 0 unspecified atom stereocenters. The van der Waals surface area contributed by atoms with Crippen LogP contribution in [0.3, 0.4) is 0 Å². The molecule has 0 bridgehead atoms. The number of carboxylic acid groups (broad SMARTS) is 1. The zero-order chi connectivity index (χ0) is 22.3. The van der Waals surface area contributed by atoms with E-state index in [4.69, 9.17) is 10.1 Å². The smallest absolute Gasteiger partial charge is 0.337 e. The van der Waals surface area contributed by atoms with E-state index < -0.39 is 5.97 Å². The van der Waals surface area contributed by atoms with E-state index in [1.165, 1.54) is 11.8 Å². The molecule has 162 valence electrons. The summed E-state index contributed by atoms with van der Waals surface area (Å²) in [4.78, 5) is 20.2. The Morgan fingerprint density at radius 1 is 0.969 bits per heavy atom. The molecule has 1 N–H and O–H groups in total. The summed E-state index contributed by atoms with van der Waals surface area (Å²) in [5.74, 6) is 0.850. The van der Waals surface area contributed by atoms with Gasteiger partial charge in [-0.3, -0.25) is 4.98 Å². The third kappa shape index (κ3) is 5.09. The maximum atomic E-state index is 11.5. The zero-order valence-electron chi connectivity index (χ0n) is 18.1. The molecule has 0 aliphatic rings. The van der Waals surface area contributed by atoms with Crippen LogP contribution in [0.2, 0.25) is 0 Å². The number of hydrogen-bond acceptors (Lipinski definition) is 4. The standard InChI is InChI=1S/C26H26N4O2/c1-2-16-30-25(28-24(29-30)13-10-19-6-4-3-5-7-19)17-20-8-11-21(12-9-20)22-14-15-27-18-23(22)26(31)32/h3-9,11-12,14-15,18H,2,10,13,16-17H2,1H3,(H,31,32). The highest BCUT2D eigenvalue weighted by molar-refractivity contribution is 5.95. The van der Waals surface area contributed by atoms with Crippen LogP contribution in [0.1, 0.15) is 46.5 Å². The molecule has 2 heterocycles. The highest BCUT2D eigenvalue weighted by Gasteiger charge is 2.13. The number of rotatable bonds is 9. The first-order valence-corrected chi connectivity index (χ1v) is 10.9. The fourth-order valence-electron chi connectivity index (χ4n) is 3.76. The normalized spacial score (nSPS) is 10.9. The molecule has 6 heteroatoms. The van der Waals surface area contributed by atoms with Gasteiger partial charge in [0.05, 0.1) is 5.56 Å². The molecule has 0 atom stereocenters. The Labute approximate surface area is 187 Å². The third-order valence-electron chi connectivity index (χ3n) is 5.39. The van der Waals surface area contributed by atoms with Gasteiger partial charge in [0.2, 0.25) is 0 Å². The molecule has 0 saturated heterocycles. The molecule has 0 amide bonds. The van der Waals surface area contributed by atoms with Gasteiger partial charge in [-0.15, -0.1) is 0 Å². The van der Waals surface area contributed by atoms with E-state index >= 15 is 0 Å². The summed E-state index contributed by atoms with van der Waals surface area (Å²) in [5.41, 5.74) is 4.11. The first kappa shape index (κ1) is 21.4. The van der Waals surface area contributed by atoms with E-state index in [-0.39, 0.29) is 5.56 Å². The Balaban J connectivity index is 1.51. The summed E-state index contributed by atoms with van der Waals surface area (Å²) >= 11 is 0. The third-order valence-corrected chi connectivity index (χ3v) is 5.39. The van der Waals surface area contributed by atoms with Gasteiger partial charge < -0.3 is 5.11 Å². The second-order valence-electron chi connectivity index (χ2n) is 7.75. The van der Waals surface area contributed by atoms with Gasteiger partial charge in [-0.1, -0.05) is 61.5 Å². The second kappa shape index (κ2) is 10.0. The maximum Gasteiger partial charge on any atom is 0.337 e. The lowest BCUT2D eigenvalue weighted by Gasteiger charge is -2.08. The van der Waals surface area contributed by atoms with Gasteiger partial charge in [0.15, 0.2) is 5.82 Å². The maximum absolute atomic E-state index is 11.5. The van der Waals surface area contributed by atoms with E-state index in [2.05, 4.69) is 36.2 Å². The molecule has 0 fully saturated rings. The minimum Gasteiger partial charge on any atom is -0.478 e. The molecule has 0 radical (unpaired) electrons. The summed E-state index contributed by atoms with van der Waals surface area (Å²) in [6, 6.07) is 20.1. The lowest BCUT2D eigenvalue weighted by atomic mass is 10.00. The molecular formula is C26H26N4O2. The molecule has 4 rings (SSSR count). The van der Waals surface area contributed by atoms with Crippen LogP contribution >= 0.6 is 0 Å². The average Bonchev–Trinajstić information content (AvgIpc) is 3.20. The van der Waals surface area contributed by atoms with Gasteiger partial charge in [0.25, 0.3) is 0 Å². The lowest BCUT2D eigenvalue weighted by Crippen LogP contribution is -2.06. The van der Waals surface area contributed by atoms with Crippen LogP contribution in [0, 0.1) is 0 Å². The first-order valence-electron chi connectivity index (χ1n) is 10.9. The van der Waals surface area contributed by atoms with Crippen molar-refractivity contribution in [3.63, 3.8) is 0 Å². The molecule has 2 aromatic heterocycles. The Morgan fingerprint density at radius 3 is 2.47 bits per heavy atom. The van der Waals surface area contributed by atoms with Crippen molar-refractivity contribution in [2.45, 2.75) is 39.2 Å². The van der Waals surface area contributed by atoms with Crippen LogP contribution in [-0.2, 0) is 25.8 Å². The van der Waals surface area contributed by atoms with E-state index in [1.807, 2.05) is 35.0 Å². The number of carboxylic acids is 1. The monoisotopic (exact) mass is 426 g/mol. The van der Waals surface area contributed by atoms with E-state index in [0.717, 1.165) is 48.6 Å². The Kier molecular flexibility index (Phi) is 6.70. The van der Waals surface area contributed by atoms with Crippen molar-refractivity contribution in [3.05, 3.63) is 101 Å². The van der Waals surface area contributed by atoms with Gasteiger partial charge in [-0.2, -0.15) is 5.10 Å².